The van der Waals surface area contributed by atoms with Gasteiger partial charge in [0.2, 0.25) is 5.96 Å². The van der Waals surface area contributed by atoms with E-state index in [1.165, 1.54) is 12.1 Å². The lowest BCUT2D eigenvalue weighted by Crippen LogP contribution is -2.38. The number of nitrogens with one attached hydrogen (secondary N) is 2. The Hall–Kier alpha value is -2.84. The van der Waals surface area contributed by atoms with Crippen LogP contribution < -0.4 is 25.6 Å². The lowest BCUT2D eigenvalue weighted by Gasteiger charge is -2.12. The first-order valence-electron chi connectivity index (χ1n) is 7.25. The molecule has 0 saturated heterocycles. The van der Waals surface area contributed by atoms with Gasteiger partial charge in [0.15, 0.2) is 5.75 Å². The Balaban J connectivity index is 2.25. The molecular formula is C13H17N5O7S2. The molecule has 1 aliphatic rings. The fourth-order valence-electron chi connectivity index (χ4n) is 2.09. The van der Waals surface area contributed by atoms with Crippen molar-refractivity contribution in [2.45, 2.75) is 6.42 Å². The minimum atomic E-state index is -4.01. The molecule has 0 bridgehead atoms. The normalized spacial score (nSPS) is 14.9. The van der Waals surface area contributed by atoms with Crippen molar-refractivity contribution in [1.82, 2.24) is 5.32 Å². The van der Waals surface area contributed by atoms with Crippen LogP contribution in [-0.2, 0) is 29.4 Å². The van der Waals surface area contributed by atoms with E-state index >= 15 is 0 Å². The molecule has 14 heteroatoms. The van der Waals surface area contributed by atoms with Crippen LogP contribution in [0, 0.1) is 0 Å². The highest BCUT2D eigenvalue weighted by atomic mass is 32.2. The molecule has 12 nitrogen and oxygen atoms in total. The van der Waals surface area contributed by atoms with E-state index in [1.807, 2.05) is 0 Å². The molecule has 0 saturated carbocycles. The van der Waals surface area contributed by atoms with E-state index in [9.17, 15) is 21.6 Å². The van der Waals surface area contributed by atoms with Crippen molar-refractivity contribution in [3.63, 3.8) is 0 Å². The van der Waals surface area contributed by atoms with E-state index in [4.69, 9.17) is 15.6 Å². The third-order valence-electron chi connectivity index (χ3n) is 3.05. The van der Waals surface area contributed by atoms with Gasteiger partial charge in [0.05, 0.1) is 18.6 Å². The van der Waals surface area contributed by atoms with E-state index in [0.29, 0.717) is 5.56 Å². The summed E-state index contributed by atoms with van der Waals surface area (Å²) in [6.45, 7) is 0.0620. The van der Waals surface area contributed by atoms with Crippen LogP contribution in [0.25, 0.3) is 6.08 Å². The maximum absolute atomic E-state index is 12.3. The van der Waals surface area contributed by atoms with Gasteiger partial charge in [-0.2, -0.15) is 16.8 Å². The highest BCUT2D eigenvalue weighted by Gasteiger charge is 2.19. The van der Waals surface area contributed by atoms with Gasteiger partial charge in [-0.05, 0) is 17.3 Å². The van der Waals surface area contributed by atoms with Crippen LogP contribution in [0.4, 0.5) is 5.69 Å². The quantitative estimate of drug-likeness (QED) is 0.259. The number of nitrogens with two attached hydrogens (primary N) is 2. The van der Waals surface area contributed by atoms with Gasteiger partial charge < -0.3 is 10.5 Å². The second kappa shape index (κ2) is 7.81. The van der Waals surface area contributed by atoms with Gasteiger partial charge >= 0.3 is 10.1 Å². The van der Waals surface area contributed by atoms with Gasteiger partial charge in [-0.3, -0.25) is 19.1 Å². The Morgan fingerprint density at radius 1 is 1.30 bits per heavy atom. The van der Waals surface area contributed by atoms with E-state index in [2.05, 4.69) is 19.5 Å². The minimum Gasteiger partial charge on any atom is -0.490 e. The van der Waals surface area contributed by atoms with Crippen molar-refractivity contribution < 1.29 is 30.7 Å². The maximum atomic E-state index is 12.3. The first-order chi connectivity index (χ1) is 12.4. The number of ether oxygens (including phenoxy) is 1. The number of hydrogen-bond donors (Lipinski definition) is 4. The average Bonchev–Trinajstić information content (AvgIpc) is 2.74. The molecule has 2 rings (SSSR count). The Morgan fingerprint density at radius 3 is 2.63 bits per heavy atom. The fourth-order valence-corrected chi connectivity index (χ4v) is 2.78. The number of hydrogen-bond acceptors (Lipinski definition) is 8. The second-order valence-electron chi connectivity index (χ2n) is 5.35. The topological polar surface area (TPSA) is 192 Å². The lowest BCUT2D eigenvalue weighted by atomic mass is 10.1. The summed E-state index contributed by atoms with van der Waals surface area (Å²) in [4.78, 5) is 12.3. The zero-order valence-electron chi connectivity index (χ0n) is 14.0. The summed E-state index contributed by atoms with van der Waals surface area (Å²) in [6.07, 6.45) is 2.40. The first kappa shape index (κ1) is 20.5. The number of nitrogens with zero attached hydrogens (tertiary/aromatic N) is 1. The summed E-state index contributed by atoms with van der Waals surface area (Å²) in [5, 5.41) is 10.2. The summed E-state index contributed by atoms with van der Waals surface area (Å²) in [6, 6.07) is 4.60. The molecule has 1 aromatic carbocycles. The number of carbonyl (C=O) groups is 1. The molecule has 6 N–H and O–H groups in total. The van der Waals surface area contributed by atoms with Gasteiger partial charge in [0.25, 0.3) is 16.1 Å². The van der Waals surface area contributed by atoms with Crippen LogP contribution >= 0.6 is 0 Å². The SMILES string of the molecule is CS(=O)(=O)ON=C(N)NC(=O)C1=Cc2cccc(NS(N)(=O)=O)c2OCC1. The molecule has 0 atom stereocenters. The molecule has 0 unspecified atom stereocenters. The van der Waals surface area contributed by atoms with Crippen molar-refractivity contribution in [2.24, 2.45) is 16.0 Å². The zero-order valence-corrected chi connectivity index (χ0v) is 15.6. The van der Waals surface area contributed by atoms with E-state index in [-0.39, 0.29) is 30.0 Å². The van der Waals surface area contributed by atoms with Crippen LogP contribution in [0.1, 0.15) is 12.0 Å². The summed E-state index contributed by atoms with van der Waals surface area (Å²) < 4.78 is 56.0. The van der Waals surface area contributed by atoms with Crippen LogP contribution in [0.15, 0.2) is 28.9 Å². The predicted octanol–water partition coefficient (Wildman–Crippen LogP) is -1.21. The lowest BCUT2D eigenvalue weighted by molar-refractivity contribution is -0.116. The number of oxime groups is 1. The fraction of sp³-hybridized carbons (Fsp3) is 0.231. The number of guanidine groups is 1. The molecule has 148 valence electrons. The number of carbonyl (C=O) groups excluding carboxylic acids is 1. The molecule has 1 aliphatic heterocycles. The highest BCUT2D eigenvalue weighted by molar-refractivity contribution is 7.90. The minimum absolute atomic E-state index is 0.0620. The van der Waals surface area contributed by atoms with E-state index < -0.39 is 32.2 Å². The number of benzene rings is 1. The number of amides is 1. The summed E-state index contributed by atoms with van der Waals surface area (Å²) in [5.41, 5.74) is 6.18. The van der Waals surface area contributed by atoms with Crippen LogP contribution in [-0.4, -0.2) is 41.6 Å². The predicted molar refractivity (Wildman–Crippen MR) is 97.0 cm³/mol. The molecule has 27 heavy (non-hydrogen) atoms. The van der Waals surface area contributed by atoms with Crippen molar-refractivity contribution in [3.8, 4) is 5.75 Å². The highest BCUT2D eigenvalue weighted by Crippen LogP contribution is 2.33. The van der Waals surface area contributed by atoms with E-state index in [0.717, 1.165) is 6.26 Å². The largest absolute Gasteiger partial charge is 0.490 e. The van der Waals surface area contributed by atoms with Crippen molar-refractivity contribution >= 4 is 44.0 Å². The Kier molecular flexibility index (Phi) is 5.92. The van der Waals surface area contributed by atoms with Crippen LogP contribution in [0.3, 0.4) is 0 Å². The molecular weight excluding hydrogens is 402 g/mol. The number of para-hydroxylation sites is 1. The van der Waals surface area contributed by atoms with Gasteiger partial charge in [0, 0.05) is 17.6 Å². The van der Waals surface area contributed by atoms with Gasteiger partial charge in [-0.15, -0.1) is 0 Å². The van der Waals surface area contributed by atoms with Crippen LogP contribution in [0.2, 0.25) is 0 Å². The maximum Gasteiger partial charge on any atom is 0.325 e. The average molecular weight is 419 g/mol. The molecule has 1 amide bonds. The van der Waals surface area contributed by atoms with E-state index in [1.54, 1.807) is 12.1 Å². The molecule has 0 fully saturated rings. The van der Waals surface area contributed by atoms with Gasteiger partial charge in [-0.1, -0.05) is 12.1 Å². The Bertz CT molecular complexity index is 1020. The summed E-state index contributed by atoms with van der Waals surface area (Å²) in [5.74, 6) is -1.01. The van der Waals surface area contributed by atoms with Gasteiger partial charge in [-0.25, -0.2) is 5.14 Å². The van der Waals surface area contributed by atoms with Crippen molar-refractivity contribution in [3.05, 3.63) is 29.3 Å². The van der Waals surface area contributed by atoms with Gasteiger partial charge in [0.1, 0.15) is 0 Å². The Morgan fingerprint density at radius 2 is 2.00 bits per heavy atom. The number of fused-ring (bicyclic) bond motifs is 1. The molecule has 0 aliphatic carbocycles. The molecule has 0 aromatic heterocycles. The smallest absolute Gasteiger partial charge is 0.325 e. The molecule has 1 heterocycles. The Labute approximate surface area is 155 Å². The summed E-state index contributed by atoms with van der Waals surface area (Å²) >= 11 is 0. The first-order valence-corrected chi connectivity index (χ1v) is 10.6. The zero-order chi connectivity index (χ0) is 20.2. The summed E-state index contributed by atoms with van der Waals surface area (Å²) in [7, 11) is -7.88. The monoisotopic (exact) mass is 419 g/mol. The van der Waals surface area contributed by atoms with Crippen molar-refractivity contribution in [1.29, 1.82) is 0 Å². The standard InChI is InChI=1S/C13H17N5O7S2/c1-26(20,21)25-17-13(14)16-12(19)9-5-6-24-11-8(7-9)3-2-4-10(11)18-27(15,22)23/h2-4,7,18H,5-6H2,1H3,(H2,15,22,23)(H3,14,16,17,19). The van der Waals surface area contributed by atoms with Crippen molar-refractivity contribution in [2.75, 3.05) is 17.6 Å². The number of anilines is 1. The number of rotatable bonds is 5. The third-order valence-corrected chi connectivity index (χ3v) is 3.90. The molecule has 0 radical (unpaired) electrons. The molecule has 1 aromatic rings. The third kappa shape index (κ3) is 6.43. The van der Waals surface area contributed by atoms with Crippen LogP contribution in [0.5, 0.6) is 5.75 Å². The molecule has 0 spiro atoms. The second-order valence-corrected chi connectivity index (χ2v) is 8.20.